The van der Waals surface area contributed by atoms with Crippen LogP contribution in [0.15, 0.2) is 152 Å². The molecule has 0 saturated heterocycles. The number of allylic oxidation sites excluding steroid dienone is 5. The lowest BCUT2D eigenvalue weighted by atomic mass is 9.79. The fraction of sp³-hybridized carbons (Fsp3) is 0.178. The van der Waals surface area contributed by atoms with Gasteiger partial charge in [-0.3, -0.25) is 0 Å². The van der Waals surface area contributed by atoms with Crippen LogP contribution in [0.3, 0.4) is 0 Å². The van der Waals surface area contributed by atoms with Crippen LogP contribution in [0.25, 0.3) is 16.7 Å². The highest BCUT2D eigenvalue weighted by atomic mass is 14.9. The lowest BCUT2D eigenvalue weighted by Crippen LogP contribution is -2.14. The minimum absolute atomic E-state index is 0.00643. The first-order valence-corrected chi connectivity index (χ1v) is 16.3. The van der Waals surface area contributed by atoms with Crippen molar-refractivity contribution < 1.29 is 0 Å². The zero-order valence-electron chi connectivity index (χ0n) is 28.4. The predicted molar refractivity (Wildman–Crippen MR) is 203 cm³/mol. The molecule has 47 heavy (non-hydrogen) atoms. The van der Waals surface area contributed by atoms with E-state index < -0.39 is 0 Å². The molecule has 5 rings (SSSR count). The maximum Gasteiger partial charge on any atom is 0.0991 e. The van der Waals surface area contributed by atoms with Crippen molar-refractivity contribution in [3.05, 3.63) is 186 Å². The fourth-order valence-electron chi connectivity index (χ4n) is 5.50. The lowest BCUT2D eigenvalue weighted by Gasteiger charge is -2.28. The topological polar surface area (TPSA) is 35.8 Å². The van der Waals surface area contributed by atoms with Gasteiger partial charge in [0.2, 0.25) is 0 Å². The number of nitrogens with zero attached hydrogens (tertiary/aromatic N) is 1. The van der Waals surface area contributed by atoms with E-state index >= 15 is 0 Å². The van der Waals surface area contributed by atoms with Crippen LogP contribution in [-0.4, -0.2) is 0 Å². The smallest absolute Gasteiger partial charge is 0.0991 e. The van der Waals surface area contributed by atoms with Gasteiger partial charge >= 0.3 is 0 Å². The van der Waals surface area contributed by atoms with E-state index in [0.717, 1.165) is 40.9 Å². The minimum atomic E-state index is -0.00643. The molecule has 2 nitrogen and oxygen atoms in total. The Morgan fingerprint density at radius 2 is 1.43 bits per heavy atom. The summed E-state index contributed by atoms with van der Waals surface area (Å²) in [6, 6.07) is 44.0. The van der Waals surface area contributed by atoms with Gasteiger partial charge in [0.25, 0.3) is 0 Å². The number of aryl methyl sites for hydroxylation is 1. The van der Waals surface area contributed by atoms with E-state index in [9.17, 15) is 0 Å². The zero-order valence-corrected chi connectivity index (χ0v) is 28.4. The third-order valence-corrected chi connectivity index (χ3v) is 7.93. The summed E-state index contributed by atoms with van der Waals surface area (Å²) in [5, 5.41) is 12.6. The third kappa shape index (κ3) is 9.80. The largest absolute Gasteiger partial charge is 0.354 e. The number of rotatable bonds is 9. The summed E-state index contributed by atoms with van der Waals surface area (Å²) >= 11 is 0. The molecule has 0 aromatic heterocycles. The van der Waals surface area contributed by atoms with Crippen molar-refractivity contribution in [2.24, 2.45) is 0 Å². The first kappa shape index (κ1) is 34.5. The lowest BCUT2D eigenvalue weighted by molar-refractivity contribution is 0.592. The molecule has 0 aliphatic rings. The molecule has 0 radical (unpaired) electrons. The molecule has 0 fully saturated rings. The quantitative estimate of drug-likeness (QED) is 0.168. The second kappa shape index (κ2) is 16.8. The molecule has 0 spiro atoms. The number of nitrogens with one attached hydrogen (secondary N) is 1. The molecular weight excluding hydrogens is 569 g/mol. The highest BCUT2D eigenvalue weighted by Crippen LogP contribution is 2.43. The Kier molecular flexibility index (Phi) is 12.3. The van der Waals surface area contributed by atoms with Gasteiger partial charge in [-0.2, -0.15) is 5.26 Å². The van der Waals surface area contributed by atoms with Crippen molar-refractivity contribution >= 4 is 16.9 Å². The van der Waals surface area contributed by atoms with Gasteiger partial charge in [-0.05, 0) is 82.8 Å². The van der Waals surface area contributed by atoms with Crippen molar-refractivity contribution in [1.82, 2.24) is 0 Å². The van der Waals surface area contributed by atoms with E-state index in [1.54, 1.807) is 0 Å². The monoisotopic (exact) mass is 614 g/mol. The highest BCUT2D eigenvalue weighted by Gasteiger charge is 2.24. The first-order valence-electron chi connectivity index (χ1n) is 16.3. The van der Waals surface area contributed by atoms with E-state index in [4.69, 9.17) is 5.26 Å². The first-order chi connectivity index (χ1) is 22.7. The molecule has 0 aliphatic heterocycles. The van der Waals surface area contributed by atoms with Crippen LogP contribution < -0.4 is 5.32 Å². The van der Waals surface area contributed by atoms with Crippen LogP contribution in [0, 0.1) is 11.3 Å². The van der Waals surface area contributed by atoms with Gasteiger partial charge in [-0.25, -0.2) is 0 Å². The van der Waals surface area contributed by atoms with Crippen LogP contribution in [0.1, 0.15) is 68.0 Å². The molecule has 0 atom stereocenters. The van der Waals surface area contributed by atoms with Crippen molar-refractivity contribution in [2.45, 2.75) is 52.9 Å². The van der Waals surface area contributed by atoms with Gasteiger partial charge in [0, 0.05) is 16.8 Å². The minimum Gasteiger partial charge on any atom is -0.354 e. The Balaban J connectivity index is 0.000000277. The average molecular weight is 615 g/mol. The van der Waals surface area contributed by atoms with Crippen LogP contribution in [0.4, 0.5) is 11.4 Å². The van der Waals surface area contributed by atoms with Gasteiger partial charge in [0.05, 0.1) is 17.3 Å². The van der Waals surface area contributed by atoms with Crippen LogP contribution >= 0.6 is 0 Å². The van der Waals surface area contributed by atoms with Gasteiger partial charge < -0.3 is 5.32 Å². The van der Waals surface area contributed by atoms with Gasteiger partial charge in [-0.1, -0.05) is 156 Å². The predicted octanol–water partition coefficient (Wildman–Crippen LogP) is 12.3. The Morgan fingerprint density at radius 3 is 2.09 bits per heavy atom. The van der Waals surface area contributed by atoms with E-state index in [0.29, 0.717) is 0 Å². The van der Waals surface area contributed by atoms with E-state index in [1.807, 2.05) is 67.6 Å². The van der Waals surface area contributed by atoms with E-state index in [1.165, 1.54) is 33.4 Å². The molecule has 0 saturated carbocycles. The molecule has 236 valence electrons. The molecule has 0 heterocycles. The second-order valence-corrected chi connectivity index (χ2v) is 12.6. The van der Waals surface area contributed by atoms with Crippen molar-refractivity contribution in [3.8, 4) is 17.2 Å². The van der Waals surface area contributed by atoms with Crippen molar-refractivity contribution in [1.29, 1.82) is 5.26 Å². The second-order valence-electron chi connectivity index (χ2n) is 12.6. The maximum absolute atomic E-state index is 8.78. The van der Waals surface area contributed by atoms with Crippen LogP contribution in [0.2, 0.25) is 0 Å². The summed E-state index contributed by atoms with van der Waals surface area (Å²) in [4.78, 5) is 0. The summed E-state index contributed by atoms with van der Waals surface area (Å²) in [6.45, 7) is 15.4. The van der Waals surface area contributed by atoms with Gasteiger partial charge in [0.15, 0.2) is 0 Å². The molecule has 0 unspecified atom stereocenters. The molecule has 5 aromatic rings. The number of benzene rings is 5. The van der Waals surface area contributed by atoms with Crippen LogP contribution in [0.5, 0.6) is 0 Å². The molecule has 5 aromatic carbocycles. The number of hydrogen-bond donors (Lipinski definition) is 1. The zero-order chi connectivity index (χ0) is 33.6. The molecule has 0 amide bonds. The van der Waals surface area contributed by atoms with E-state index in [-0.39, 0.29) is 5.41 Å². The SMILES string of the molecule is C=C(/C=C\C=C/C)c1ccc(C(C)(C)C)c(-c2ccccc2)c1Nc1cccc(CC)c1.N#Cc1cccc(Cc2ccccc2)c1. The Labute approximate surface area is 282 Å². The molecule has 1 N–H and O–H groups in total. The van der Waals surface area contributed by atoms with Gasteiger partial charge in [0.1, 0.15) is 0 Å². The molecule has 2 heteroatoms. The Hall–Kier alpha value is -5.39. The van der Waals surface area contributed by atoms with Crippen molar-refractivity contribution in [3.63, 3.8) is 0 Å². The number of nitriles is 1. The summed E-state index contributed by atoms with van der Waals surface area (Å²) in [5.74, 6) is 0. The Bertz CT molecular complexity index is 1860. The van der Waals surface area contributed by atoms with Gasteiger partial charge in [-0.15, -0.1) is 0 Å². The number of hydrogen-bond acceptors (Lipinski definition) is 2. The summed E-state index contributed by atoms with van der Waals surface area (Å²) in [6.07, 6.45) is 10.1. The van der Waals surface area contributed by atoms with Crippen molar-refractivity contribution in [2.75, 3.05) is 5.32 Å². The molecular formula is C45H46N2. The summed E-state index contributed by atoms with van der Waals surface area (Å²) in [5.41, 5.74) is 12.5. The summed E-state index contributed by atoms with van der Waals surface area (Å²) < 4.78 is 0. The molecule has 0 aliphatic carbocycles. The normalized spacial score (nSPS) is 11.1. The maximum atomic E-state index is 8.78. The summed E-state index contributed by atoms with van der Waals surface area (Å²) in [7, 11) is 0. The van der Waals surface area contributed by atoms with E-state index in [2.05, 4.69) is 131 Å². The Morgan fingerprint density at radius 1 is 0.766 bits per heavy atom. The fourth-order valence-corrected chi connectivity index (χ4v) is 5.50. The standard InChI is InChI=1S/C31H35N.C14H11N/c1-7-9-11-15-23(3)27-20-21-28(31(4,5)6)29(25-17-12-10-13-18-25)30(27)32-26-19-14-16-24(8-2)22-26;15-11-14-8-4-7-13(10-14)9-12-5-2-1-3-6-12/h7,9-22,32H,3,8H2,1-2,4-6H3;1-8,10H,9H2/b9-7-,15-11-;. The third-order valence-electron chi connectivity index (χ3n) is 7.93. The number of anilines is 2. The van der Waals surface area contributed by atoms with Crippen LogP contribution in [-0.2, 0) is 18.3 Å². The average Bonchev–Trinajstić information content (AvgIpc) is 3.09. The molecule has 0 bridgehead atoms. The highest BCUT2D eigenvalue weighted by molar-refractivity contribution is 5.94.